The molecule has 0 aromatic heterocycles. The molecule has 0 aromatic carbocycles. The number of hydrogen-bond acceptors (Lipinski definition) is 5. The first-order chi connectivity index (χ1) is 9.17. The lowest BCUT2D eigenvalue weighted by molar-refractivity contribution is -0.122. The zero-order valence-electron chi connectivity index (χ0n) is 12.2. The molecule has 6 heteroatoms. The van der Waals surface area contributed by atoms with Crippen molar-refractivity contribution >= 4 is 5.91 Å². The lowest BCUT2D eigenvalue weighted by Crippen LogP contribution is -2.53. The summed E-state index contributed by atoms with van der Waals surface area (Å²) in [5, 5.41) is 2.92. The predicted octanol–water partition coefficient (Wildman–Crippen LogP) is -0.896. The first-order valence-corrected chi connectivity index (χ1v) is 7.09. The van der Waals surface area contributed by atoms with E-state index in [4.69, 9.17) is 10.5 Å². The van der Waals surface area contributed by atoms with E-state index in [0.29, 0.717) is 32.3 Å². The minimum Gasteiger partial charge on any atom is -0.385 e. The SMILES string of the molecule is COCCCNC(=O)CN1CCN(C(C)CN)CC1. The molecule has 19 heavy (non-hydrogen) atoms. The molecule has 1 saturated heterocycles. The molecule has 0 bridgehead atoms. The molecular weight excluding hydrogens is 244 g/mol. The van der Waals surface area contributed by atoms with Gasteiger partial charge in [0.15, 0.2) is 0 Å². The second kappa shape index (κ2) is 9.25. The first-order valence-electron chi connectivity index (χ1n) is 7.09. The van der Waals surface area contributed by atoms with Gasteiger partial charge in [-0.2, -0.15) is 0 Å². The number of amides is 1. The van der Waals surface area contributed by atoms with E-state index in [1.165, 1.54) is 0 Å². The number of methoxy groups -OCH3 is 1. The van der Waals surface area contributed by atoms with Crippen molar-refractivity contribution < 1.29 is 9.53 Å². The molecular formula is C13H28N4O2. The van der Waals surface area contributed by atoms with Gasteiger partial charge in [0.1, 0.15) is 0 Å². The fourth-order valence-corrected chi connectivity index (χ4v) is 2.21. The van der Waals surface area contributed by atoms with Gasteiger partial charge in [-0.1, -0.05) is 0 Å². The molecule has 0 aromatic rings. The Balaban J connectivity index is 2.13. The summed E-state index contributed by atoms with van der Waals surface area (Å²) in [6.45, 7) is 8.60. The predicted molar refractivity (Wildman–Crippen MR) is 76.0 cm³/mol. The Hall–Kier alpha value is -0.690. The molecule has 1 amide bonds. The van der Waals surface area contributed by atoms with Crippen molar-refractivity contribution in [3.8, 4) is 0 Å². The minimum atomic E-state index is 0.108. The fourth-order valence-electron chi connectivity index (χ4n) is 2.21. The van der Waals surface area contributed by atoms with E-state index >= 15 is 0 Å². The Labute approximate surface area is 116 Å². The van der Waals surface area contributed by atoms with Gasteiger partial charge in [0.25, 0.3) is 0 Å². The van der Waals surface area contributed by atoms with Crippen molar-refractivity contribution in [1.29, 1.82) is 0 Å². The quantitative estimate of drug-likeness (QED) is 0.561. The van der Waals surface area contributed by atoms with Gasteiger partial charge in [-0.3, -0.25) is 14.6 Å². The van der Waals surface area contributed by atoms with E-state index in [9.17, 15) is 4.79 Å². The number of ether oxygens (including phenoxy) is 1. The number of nitrogens with zero attached hydrogens (tertiary/aromatic N) is 2. The monoisotopic (exact) mass is 272 g/mol. The zero-order chi connectivity index (χ0) is 14.1. The lowest BCUT2D eigenvalue weighted by atomic mass is 10.2. The summed E-state index contributed by atoms with van der Waals surface area (Å²) in [7, 11) is 1.67. The van der Waals surface area contributed by atoms with Gasteiger partial charge < -0.3 is 15.8 Å². The van der Waals surface area contributed by atoms with Crippen molar-refractivity contribution in [1.82, 2.24) is 15.1 Å². The molecule has 1 atom stereocenters. The van der Waals surface area contributed by atoms with Gasteiger partial charge in [0.2, 0.25) is 5.91 Å². The molecule has 1 rings (SSSR count). The van der Waals surface area contributed by atoms with Gasteiger partial charge in [-0.15, -0.1) is 0 Å². The van der Waals surface area contributed by atoms with Crippen LogP contribution in [0.15, 0.2) is 0 Å². The van der Waals surface area contributed by atoms with Crippen LogP contribution in [-0.2, 0) is 9.53 Å². The molecule has 0 aliphatic carbocycles. The highest BCUT2D eigenvalue weighted by Gasteiger charge is 2.21. The Kier molecular flexibility index (Phi) is 7.97. The van der Waals surface area contributed by atoms with Crippen molar-refractivity contribution in [3.05, 3.63) is 0 Å². The second-order valence-electron chi connectivity index (χ2n) is 5.09. The number of piperazine rings is 1. The van der Waals surface area contributed by atoms with Crippen LogP contribution in [0.3, 0.4) is 0 Å². The number of rotatable bonds is 8. The van der Waals surface area contributed by atoms with Crippen LogP contribution in [0, 0.1) is 0 Å². The van der Waals surface area contributed by atoms with E-state index < -0.39 is 0 Å². The molecule has 1 fully saturated rings. The molecule has 6 nitrogen and oxygen atoms in total. The van der Waals surface area contributed by atoms with Crippen LogP contribution in [0.25, 0.3) is 0 Å². The molecule has 0 spiro atoms. The van der Waals surface area contributed by atoms with Gasteiger partial charge >= 0.3 is 0 Å². The summed E-state index contributed by atoms with van der Waals surface area (Å²) in [5.74, 6) is 0.108. The van der Waals surface area contributed by atoms with Crippen molar-refractivity contribution in [2.24, 2.45) is 5.73 Å². The lowest BCUT2D eigenvalue weighted by Gasteiger charge is -2.37. The highest BCUT2D eigenvalue weighted by atomic mass is 16.5. The van der Waals surface area contributed by atoms with E-state index in [2.05, 4.69) is 22.0 Å². The zero-order valence-corrected chi connectivity index (χ0v) is 12.2. The maximum Gasteiger partial charge on any atom is 0.234 e. The number of carbonyl (C=O) groups excluding carboxylic acids is 1. The normalized spacial score (nSPS) is 19.3. The summed E-state index contributed by atoms with van der Waals surface area (Å²) in [6.07, 6.45) is 0.865. The van der Waals surface area contributed by atoms with Crippen molar-refractivity contribution in [3.63, 3.8) is 0 Å². The average molecular weight is 272 g/mol. The van der Waals surface area contributed by atoms with Gasteiger partial charge in [0.05, 0.1) is 6.54 Å². The number of carbonyl (C=O) groups is 1. The summed E-state index contributed by atoms with van der Waals surface area (Å²) < 4.78 is 4.94. The van der Waals surface area contributed by atoms with Crippen LogP contribution >= 0.6 is 0 Å². The Morgan fingerprint density at radius 2 is 2.05 bits per heavy atom. The van der Waals surface area contributed by atoms with Crippen LogP contribution in [0.2, 0.25) is 0 Å². The standard InChI is InChI=1S/C13H28N4O2/c1-12(10-14)17-7-5-16(6-8-17)11-13(18)15-4-3-9-19-2/h12H,3-11,14H2,1-2H3,(H,15,18). The third-order valence-electron chi connectivity index (χ3n) is 3.59. The minimum absolute atomic E-state index is 0.108. The molecule has 0 saturated carbocycles. The van der Waals surface area contributed by atoms with Crippen molar-refractivity contribution in [2.75, 3.05) is 59.5 Å². The van der Waals surface area contributed by atoms with E-state index in [1.807, 2.05) is 0 Å². The third kappa shape index (κ3) is 6.33. The summed E-state index contributed by atoms with van der Waals surface area (Å²) >= 11 is 0. The van der Waals surface area contributed by atoms with Gasteiger partial charge in [-0.05, 0) is 13.3 Å². The molecule has 1 aliphatic rings. The van der Waals surface area contributed by atoms with Crippen LogP contribution in [-0.4, -0.2) is 81.3 Å². The Morgan fingerprint density at radius 1 is 1.37 bits per heavy atom. The summed E-state index contributed by atoms with van der Waals surface area (Å²) in [6, 6.07) is 0.435. The Morgan fingerprint density at radius 3 is 2.63 bits per heavy atom. The van der Waals surface area contributed by atoms with Crippen molar-refractivity contribution in [2.45, 2.75) is 19.4 Å². The van der Waals surface area contributed by atoms with Gasteiger partial charge in [0, 0.05) is 59.0 Å². The number of nitrogens with one attached hydrogen (secondary N) is 1. The first kappa shape index (κ1) is 16.4. The topological polar surface area (TPSA) is 70.8 Å². The second-order valence-corrected chi connectivity index (χ2v) is 5.09. The van der Waals surface area contributed by atoms with Crippen LogP contribution in [0.5, 0.6) is 0 Å². The molecule has 112 valence electrons. The highest BCUT2D eigenvalue weighted by Crippen LogP contribution is 2.05. The third-order valence-corrected chi connectivity index (χ3v) is 3.59. The molecule has 1 heterocycles. The fraction of sp³-hybridized carbons (Fsp3) is 0.923. The van der Waals surface area contributed by atoms with E-state index in [-0.39, 0.29) is 5.91 Å². The average Bonchev–Trinajstić information content (AvgIpc) is 2.43. The smallest absolute Gasteiger partial charge is 0.234 e. The van der Waals surface area contributed by atoms with E-state index in [0.717, 1.165) is 32.6 Å². The maximum absolute atomic E-state index is 11.7. The Bertz CT molecular complexity index is 255. The summed E-state index contributed by atoms with van der Waals surface area (Å²) in [5.41, 5.74) is 5.67. The number of hydrogen-bond donors (Lipinski definition) is 2. The highest BCUT2D eigenvalue weighted by molar-refractivity contribution is 5.77. The summed E-state index contributed by atoms with van der Waals surface area (Å²) in [4.78, 5) is 16.3. The largest absolute Gasteiger partial charge is 0.385 e. The van der Waals surface area contributed by atoms with Crippen LogP contribution in [0.4, 0.5) is 0 Å². The molecule has 1 unspecified atom stereocenters. The molecule has 1 aliphatic heterocycles. The molecule has 0 radical (unpaired) electrons. The van der Waals surface area contributed by atoms with Crippen LogP contribution in [0.1, 0.15) is 13.3 Å². The van der Waals surface area contributed by atoms with Gasteiger partial charge in [-0.25, -0.2) is 0 Å². The molecule has 3 N–H and O–H groups in total. The van der Waals surface area contributed by atoms with E-state index in [1.54, 1.807) is 7.11 Å². The number of nitrogens with two attached hydrogens (primary N) is 1. The van der Waals surface area contributed by atoms with Crippen LogP contribution < -0.4 is 11.1 Å². The maximum atomic E-state index is 11.7.